The summed E-state index contributed by atoms with van der Waals surface area (Å²) in [6.07, 6.45) is 40.3. The molecular formula is C51H83O13P. The first-order valence-electron chi connectivity index (χ1n) is 24.0. The number of hydrogen-bond donors (Lipinski definition) is 6. The first-order chi connectivity index (χ1) is 31.4. The molecule has 1 aliphatic rings. The Morgan fingerprint density at radius 1 is 0.492 bits per heavy atom. The first kappa shape index (κ1) is 59.8. The van der Waals surface area contributed by atoms with Crippen LogP contribution in [0.15, 0.2) is 97.2 Å². The van der Waals surface area contributed by atoms with E-state index in [0.29, 0.717) is 19.3 Å². The van der Waals surface area contributed by atoms with Crippen molar-refractivity contribution < 1.29 is 63.1 Å². The van der Waals surface area contributed by atoms with Crippen molar-refractivity contribution in [2.75, 3.05) is 13.2 Å². The second-order valence-electron chi connectivity index (χ2n) is 16.2. The van der Waals surface area contributed by atoms with Crippen LogP contribution in [0.4, 0.5) is 0 Å². The van der Waals surface area contributed by atoms with Gasteiger partial charge in [-0.15, -0.1) is 0 Å². The van der Waals surface area contributed by atoms with Gasteiger partial charge in [0.25, 0.3) is 0 Å². The number of phosphoric ester groups is 1. The van der Waals surface area contributed by atoms with Crippen molar-refractivity contribution in [3.8, 4) is 0 Å². The minimum Gasteiger partial charge on any atom is -0.462 e. The van der Waals surface area contributed by atoms with E-state index in [4.69, 9.17) is 18.5 Å². The molecule has 0 aliphatic heterocycles. The number of carbonyl (C=O) groups excluding carboxylic acids is 2. The Morgan fingerprint density at radius 3 is 1.38 bits per heavy atom. The minimum absolute atomic E-state index is 0.00952. The Hall–Kier alpha value is -3.23. The van der Waals surface area contributed by atoms with Crippen LogP contribution in [0.25, 0.3) is 0 Å². The van der Waals surface area contributed by atoms with Crippen molar-refractivity contribution in [2.45, 2.75) is 198 Å². The summed E-state index contributed by atoms with van der Waals surface area (Å²) < 4.78 is 33.5. The molecule has 6 atom stereocenters. The smallest absolute Gasteiger partial charge is 0.462 e. The van der Waals surface area contributed by atoms with Crippen molar-refractivity contribution in [3.63, 3.8) is 0 Å². The highest BCUT2D eigenvalue weighted by Gasteiger charge is 2.51. The Balaban J connectivity index is 2.50. The predicted molar refractivity (Wildman–Crippen MR) is 258 cm³/mol. The van der Waals surface area contributed by atoms with Gasteiger partial charge in [-0.2, -0.15) is 0 Å². The molecule has 1 fully saturated rings. The van der Waals surface area contributed by atoms with Gasteiger partial charge in [0.05, 0.1) is 6.61 Å². The largest absolute Gasteiger partial charge is 0.472 e. The molecule has 1 aliphatic carbocycles. The highest BCUT2D eigenvalue weighted by Crippen LogP contribution is 2.47. The highest BCUT2D eigenvalue weighted by molar-refractivity contribution is 7.47. The van der Waals surface area contributed by atoms with Crippen LogP contribution in [-0.4, -0.2) is 98.3 Å². The number of aliphatic hydroxyl groups is 5. The van der Waals surface area contributed by atoms with Crippen LogP contribution < -0.4 is 0 Å². The summed E-state index contributed by atoms with van der Waals surface area (Å²) in [5.74, 6) is -1.19. The number of esters is 2. The van der Waals surface area contributed by atoms with Crippen molar-refractivity contribution in [1.29, 1.82) is 0 Å². The second-order valence-corrected chi connectivity index (χ2v) is 17.6. The molecule has 65 heavy (non-hydrogen) atoms. The molecule has 0 bridgehead atoms. The van der Waals surface area contributed by atoms with Crippen LogP contribution >= 0.6 is 7.82 Å². The summed E-state index contributed by atoms with van der Waals surface area (Å²) in [5, 5.41) is 50.2. The molecule has 0 aromatic carbocycles. The van der Waals surface area contributed by atoms with Gasteiger partial charge in [0, 0.05) is 12.8 Å². The number of hydrogen-bond acceptors (Lipinski definition) is 12. The fourth-order valence-corrected chi connectivity index (χ4v) is 7.54. The van der Waals surface area contributed by atoms with Crippen LogP contribution in [0.3, 0.4) is 0 Å². The maximum absolute atomic E-state index is 12.8. The lowest BCUT2D eigenvalue weighted by atomic mass is 9.85. The maximum Gasteiger partial charge on any atom is 0.472 e. The topological polar surface area (TPSA) is 210 Å². The van der Waals surface area contributed by atoms with Gasteiger partial charge in [0.2, 0.25) is 0 Å². The Bertz CT molecular complexity index is 1500. The van der Waals surface area contributed by atoms with E-state index in [1.807, 2.05) is 12.2 Å². The maximum atomic E-state index is 12.8. The zero-order chi connectivity index (χ0) is 47.8. The van der Waals surface area contributed by atoms with E-state index >= 15 is 0 Å². The highest BCUT2D eigenvalue weighted by atomic mass is 31.2. The average Bonchev–Trinajstić information content (AvgIpc) is 3.29. The quantitative estimate of drug-likeness (QED) is 0.0148. The van der Waals surface area contributed by atoms with Crippen molar-refractivity contribution in [1.82, 2.24) is 0 Å². The van der Waals surface area contributed by atoms with Crippen molar-refractivity contribution in [2.24, 2.45) is 0 Å². The Labute approximate surface area is 390 Å². The fourth-order valence-electron chi connectivity index (χ4n) is 6.56. The summed E-state index contributed by atoms with van der Waals surface area (Å²) in [7, 11) is -5.15. The van der Waals surface area contributed by atoms with Gasteiger partial charge in [0.15, 0.2) is 6.10 Å². The molecule has 370 valence electrons. The fraction of sp³-hybridized carbons (Fsp3) is 0.647. The van der Waals surface area contributed by atoms with E-state index in [-0.39, 0.29) is 12.8 Å². The monoisotopic (exact) mass is 935 g/mol. The van der Waals surface area contributed by atoms with Crippen LogP contribution in [0.2, 0.25) is 0 Å². The van der Waals surface area contributed by atoms with E-state index in [9.17, 15) is 44.6 Å². The predicted octanol–water partition coefficient (Wildman–Crippen LogP) is 9.83. The minimum atomic E-state index is -5.15. The molecule has 1 rings (SSSR count). The molecule has 0 saturated heterocycles. The van der Waals surface area contributed by atoms with Gasteiger partial charge in [0.1, 0.15) is 43.2 Å². The summed E-state index contributed by atoms with van der Waals surface area (Å²) in [6, 6.07) is 0. The van der Waals surface area contributed by atoms with Gasteiger partial charge in [-0.3, -0.25) is 18.6 Å². The lowest BCUT2D eigenvalue weighted by Gasteiger charge is -2.41. The van der Waals surface area contributed by atoms with E-state index < -0.39 is 75.7 Å². The van der Waals surface area contributed by atoms with Gasteiger partial charge in [-0.25, -0.2) is 4.57 Å². The van der Waals surface area contributed by atoms with Crippen LogP contribution in [0.5, 0.6) is 0 Å². The summed E-state index contributed by atoms with van der Waals surface area (Å²) in [5.41, 5.74) is 0. The third kappa shape index (κ3) is 32.2. The lowest BCUT2D eigenvalue weighted by molar-refractivity contribution is -0.220. The molecule has 0 spiro atoms. The van der Waals surface area contributed by atoms with Gasteiger partial charge in [-0.1, -0.05) is 150 Å². The molecule has 1 saturated carbocycles. The molecule has 6 unspecified atom stereocenters. The van der Waals surface area contributed by atoms with Crippen molar-refractivity contribution >= 4 is 19.8 Å². The molecule has 0 aromatic heterocycles. The average molecular weight is 935 g/mol. The molecule has 0 radical (unpaired) electrons. The lowest BCUT2D eigenvalue weighted by Crippen LogP contribution is -2.64. The third-order valence-corrected chi connectivity index (χ3v) is 11.4. The zero-order valence-electron chi connectivity index (χ0n) is 39.2. The molecular weight excluding hydrogens is 852 g/mol. The van der Waals surface area contributed by atoms with Crippen molar-refractivity contribution in [3.05, 3.63) is 97.2 Å². The molecule has 13 nitrogen and oxygen atoms in total. The normalized spacial score (nSPS) is 22.3. The number of ether oxygens (including phenoxy) is 2. The van der Waals surface area contributed by atoms with Gasteiger partial charge in [-0.05, 0) is 89.9 Å². The number of aliphatic hydroxyl groups excluding tert-OH is 5. The van der Waals surface area contributed by atoms with Gasteiger partial charge < -0.3 is 39.9 Å². The van der Waals surface area contributed by atoms with E-state index in [1.165, 1.54) is 19.3 Å². The summed E-state index contributed by atoms with van der Waals surface area (Å²) in [6.45, 7) is 3.09. The summed E-state index contributed by atoms with van der Waals surface area (Å²) in [4.78, 5) is 35.7. The van der Waals surface area contributed by atoms with Crippen LogP contribution in [-0.2, 0) is 32.7 Å². The molecule has 6 N–H and O–H groups in total. The van der Waals surface area contributed by atoms with E-state index in [0.717, 1.165) is 89.9 Å². The standard InChI is InChI=1S/C51H83O13P/c1-3-5-7-9-11-13-15-17-19-21-22-24-25-27-29-31-33-35-37-39-44(52)61-41-43(42-62-65(59,60)64-51-49(57)47(55)46(54)48(56)50(51)58)63-45(53)40-38-36-34-32-30-28-26-23-20-18-16-14-12-10-8-6-4-2/h6,8,11-14,17-20,22,24,26,28,32,34,43,46-51,54-58H,3-5,7,9-10,15-16,21,23,25,27,29-31,33,35-42H2,1-2H3,(H,59,60)/b8-6-,13-11-,14-12-,19-17-,20-18-,24-22-,28-26-,34-32-. The number of carbonyl (C=O) groups is 2. The third-order valence-electron chi connectivity index (χ3n) is 10.4. The number of rotatable bonds is 38. The number of allylic oxidation sites excluding steroid dienone is 16. The van der Waals surface area contributed by atoms with E-state index in [1.54, 1.807) is 0 Å². The van der Waals surface area contributed by atoms with Gasteiger partial charge >= 0.3 is 19.8 Å². The SMILES string of the molecule is CC/C=C\C/C=C\C/C=C\C/C=C\C/C=C\CCCC(=O)OC(COC(=O)CCCCCCCC/C=C\C/C=C\C/C=C\CCCCC)COP(=O)(O)OC1C(O)C(O)C(O)C(O)C1O. The first-order valence-corrected chi connectivity index (χ1v) is 25.5. The van der Waals surface area contributed by atoms with Crippen LogP contribution in [0, 0.1) is 0 Å². The Morgan fingerprint density at radius 2 is 0.892 bits per heavy atom. The molecule has 0 amide bonds. The molecule has 0 heterocycles. The Kier molecular flexibility index (Phi) is 36.7. The molecule has 0 aromatic rings. The van der Waals surface area contributed by atoms with Crippen LogP contribution in [0.1, 0.15) is 155 Å². The number of phosphoric acid groups is 1. The second kappa shape index (κ2) is 39.9. The van der Waals surface area contributed by atoms with E-state index in [2.05, 4.69) is 98.9 Å². The molecule has 14 heteroatoms. The zero-order valence-corrected chi connectivity index (χ0v) is 40.1. The number of unbranched alkanes of at least 4 members (excludes halogenated alkanes) is 10. The summed E-state index contributed by atoms with van der Waals surface area (Å²) >= 11 is 0.